The largest absolute Gasteiger partial charge is 0.310 e. The number of nitrogens with zero attached hydrogens (tertiary/aromatic N) is 1. The van der Waals surface area contributed by atoms with Crippen molar-refractivity contribution in [2.75, 3.05) is 31.9 Å². The first-order valence-corrected chi connectivity index (χ1v) is 8.99. The summed E-state index contributed by atoms with van der Waals surface area (Å²) < 4.78 is 0. The Balaban J connectivity index is 1.84. The lowest BCUT2D eigenvalue weighted by Gasteiger charge is -2.27. The number of benzene rings is 1. The Morgan fingerprint density at radius 2 is 2.15 bits per heavy atom. The summed E-state index contributed by atoms with van der Waals surface area (Å²) in [5.41, 5.74) is 1.39. The van der Waals surface area contributed by atoms with E-state index < -0.39 is 0 Å². The molecule has 1 aromatic carbocycles. The van der Waals surface area contributed by atoms with Gasteiger partial charge in [0.05, 0.1) is 0 Å². The van der Waals surface area contributed by atoms with Crippen LogP contribution in [0.15, 0.2) is 23.1 Å². The van der Waals surface area contributed by atoms with Crippen molar-refractivity contribution in [3.05, 3.63) is 28.8 Å². The van der Waals surface area contributed by atoms with Crippen molar-refractivity contribution in [3.8, 4) is 0 Å². The monoisotopic (exact) mass is 312 g/mol. The average Bonchev–Trinajstić information content (AvgIpc) is 2.47. The quantitative estimate of drug-likeness (QED) is 0.760. The molecule has 0 spiro atoms. The number of rotatable bonds is 7. The van der Waals surface area contributed by atoms with E-state index in [1.54, 1.807) is 0 Å². The third kappa shape index (κ3) is 4.39. The molecule has 0 fully saturated rings. The summed E-state index contributed by atoms with van der Waals surface area (Å²) >= 11 is 8.08. The predicted molar refractivity (Wildman–Crippen MR) is 89.9 cm³/mol. The topological polar surface area (TPSA) is 15.3 Å². The molecule has 0 aromatic heterocycles. The summed E-state index contributed by atoms with van der Waals surface area (Å²) in [7, 11) is 0. The van der Waals surface area contributed by atoms with Gasteiger partial charge in [0.25, 0.3) is 0 Å². The first-order valence-electron chi connectivity index (χ1n) is 7.62. The molecule has 0 saturated carbocycles. The molecule has 0 bridgehead atoms. The smallest absolute Gasteiger partial charge is 0.0410 e. The van der Waals surface area contributed by atoms with Gasteiger partial charge in [0.15, 0.2) is 0 Å². The standard InChI is InChI=1S/C16H25ClN2S/c1-3-19(4-2)10-5-9-18-15-8-11-20-16-7-6-13(17)12-14(15)16/h6-7,12,15,18H,3-5,8-11H2,1-2H3. The molecule has 1 aliphatic rings. The molecule has 20 heavy (non-hydrogen) atoms. The van der Waals surface area contributed by atoms with E-state index in [0.29, 0.717) is 6.04 Å². The van der Waals surface area contributed by atoms with Gasteiger partial charge < -0.3 is 10.2 Å². The van der Waals surface area contributed by atoms with Crippen LogP contribution in [0.2, 0.25) is 5.02 Å². The Kier molecular flexibility index (Phi) is 6.69. The van der Waals surface area contributed by atoms with Crippen molar-refractivity contribution < 1.29 is 0 Å². The van der Waals surface area contributed by atoms with Crippen molar-refractivity contribution in [3.63, 3.8) is 0 Å². The van der Waals surface area contributed by atoms with Crippen LogP contribution in [0.3, 0.4) is 0 Å². The van der Waals surface area contributed by atoms with E-state index in [-0.39, 0.29) is 0 Å². The van der Waals surface area contributed by atoms with Gasteiger partial charge in [-0.1, -0.05) is 25.4 Å². The molecule has 112 valence electrons. The van der Waals surface area contributed by atoms with Gasteiger partial charge >= 0.3 is 0 Å². The van der Waals surface area contributed by atoms with Crippen LogP contribution in [0.4, 0.5) is 0 Å². The molecule has 1 aromatic rings. The second kappa shape index (κ2) is 8.28. The summed E-state index contributed by atoms with van der Waals surface area (Å²) in [6.07, 6.45) is 2.41. The molecule has 1 heterocycles. The van der Waals surface area contributed by atoms with Gasteiger partial charge in [0, 0.05) is 16.0 Å². The molecular formula is C16H25ClN2S. The highest BCUT2D eigenvalue weighted by Gasteiger charge is 2.20. The predicted octanol–water partition coefficient (Wildman–Crippen LogP) is 4.20. The molecule has 1 aliphatic heterocycles. The van der Waals surface area contributed by atoms with E-state index in [0.717, 1.165) is 24.7 Å². The Morgan fingerprint density at radius 3 is 2.90 bits per heavy atom. The van der Waals surface area contributed by atoms with Gasteiger partial charge in [-0.25, -0.2) is 0 Å². The van der Waals surface area contributed by atoms with Gasteiger partial charge in [-0.05, 0) is 68.5 Å². The van der Waals surface area contributed by atoms with E-state index in [1.165, 1.54) is 35.6 Å². The minimum Gasteiger partial charge on any atom is -0.310 e. The van der Waals surface area contributed by atoms with E-state index in [4.69, 9.17) is 11.6 Å². The highest BCUT2D eigenvalue weighted by Crippen LogP contribution is 2.37. The zero-order chi connectivity index (χ0) is 14.4. The Morgan fingerprint density at radius 1 is 1.35 bits per heavy atom. The van der Waals surface area contributed by atoms with Gasteiger partial charge in [0.1, 0.15) is 0 Å². The van der Waals surface area contributed by atoms with E-state index in [2.05, 4.69) is 36.2 Å². The molecule has 1 unspecified atom stereocenters. The number of fused-ring (bicyclic) bond motifs is 1. The molecule has 2 nitrogen and oxygen atoms in total. The van der Waals surface area contributed by atoms with Crippen LogP contribution >= 0.6 is 23.4 Å². The zero-order valence-electron chi connectivity index (χ0n) is 12.5. The normalized spacial score (nSPS) is 18.3. The molecule has 4 heteroatoms. The lowest BCUT2D eigenvalue weighted by molar-refractivity contribution is 0.295. The van der Waals surface area contributed by atoms with Crippen LogP contribution < -0.4 is 5.32 Å². The third-order valence-electron chi connectivity index (χ3n) is 3.95. The Bertz CT molecular complexity index is 421. The highest BCUT2D eigenvalue weighted by molar-refractivity contribution is 7.99. The van der Waals surface area contributed by atoms with Crippen molar-refractivity contribution in [1.29, 1.82) is 0 Å². The fourth-order valence-corrected chi connectivity index (χ4v) is 3.98. The lowest BCUT2D eigenvalue weighted by Crippen LogP contribution is -2.30. The van der Waals surface area contributed by atoms with E-state index in [1.807, 2.05) is 17.8 Å². The van der Waals surface area contributed by atoms with Gasteiger partial charge in [-0.2, -0.15) is 0 Å². The summed E-state index contributed by atoms with van der Waals surface area (Å²) in [6, 6.07) is 6.76. The second-order valence-electron chi connectivity index (χ2n) is 5.21. The summed E-state index contributed by atoms with van der Waals surface area (Å²) in [6.45, 7) is 9.02. The van der Waals surface area contributed by atoms with E-state index in [9.17, 15) is 0 Å². The average molecular weight is 313 g/mol. The van der Waals surface area contributed by atoms with Gasteiger partial charge in [-0.3, -0.25) is 0 Å². The molecular weight excluding hydrogens is 288 g/mol. The number of hydrogen-bond donors (Lipinski definition) is 1. The van der Waals surface area contributed by atoms with E-state index >= 15 is 0 Å². The van der Waals surface area contributed by atoms with Crippen LogP contribution in [0.25, 0.3) is 0 Å². The molecule has 0 amide bonds. The lowest BCUT2D eigenvalue weighted by atomic mass is 10.0. The minimum absolute atomic E-state index is 0.474. The fourth-order valence-electron chi connectivity index (χ4n) is 2.70. The molecule has 1 N–H and O–H groups in total. The Hall–Kier alpha value is -0.220. The van der Waals surface area contributed by atoms with Crippen LogP contribution in [-0.4, -0.2) is 36.8 Å². The Labute approximate surface area is 132 Å². The van der Waals surface area contributed by atoms with Crippen LogP contribution in [0, 0.1) is 0 Å². The van der Waals surface area contributed by atoms with Crippen molar-refractivity contribution in [1.82, 2.24) is 10.2 Å². The number of nitrogens with one attached hydrogen (secondary N) is 1. The summed E-state index contributed by atoms with van der Waals surface area (Å²) in [5, 5.41) is 4.56. The molecule has 1 atom stereocenters. The molecule has 0 aliphatic carbocycles. The van der Waals surface area contributed by atoms with Crippen LogP contribution in [0.5, 0.6) is 0 Å². The maximum atomic E-state index is 6.14. The van der Waals surface area contributed by atoms with Gasteiger partial charge in [-0.15, -0.1) is 11.8 Å². The number of thioether (sulfide) groups is 1. The number of halogens is 1. The second-order valence-corrected chi connectivity index (χ2v) is 6.78. The minimum atomic E-state index is 0.474. The fraction of sp³-hybridized carbons (Fsp3) is 0.625. The third-order valence-corrected chi connectivity index (χ3v) is 5.31. The number of hydrogen-bond acceptors (Lipinski definition) is 3. The first kappa shape index (κ1) is 16.2. The SMILES string of the molecule is CCN(CC)CCCNC1CCSc2ccc(Cl)cc21. The van der Waals surface area contributed by atoms with Crippen LogP contribution in [-0.2, 0) is 0 Å². The molecule has 0 saturated heterocycles. The summed E-state index contributed by atoms with van der Waals surface area (Å²) in [5.74, 6) is 1.20. The van der Waals surface area contributed by atoms with Crippen LogP contribution in [0.1, 0.15) is 38.3 Å². The summed E-state index contributed by atoms with van der Waals surface area (Å²) in [4.78, 5) is 3.87. The zero-order valence-corrected chi connectivity index (χ0v) is 14.1. The van der Waals surface area contributed by atoms with Crippen molar-refractivity contribution >= 4 is 23.4 Å². The first-order chi connectivity index (χ1) is 9.74. The molecule has 2 rings (SSSR count). The van der Waals surface area contributed by atoms with Crippen molar-refractivity contribution in [2.45, 2.75) is 37.6 Å². The van der Waals surface area contributed by atoms with Gasteiger partial charge in [0.2, 0.25) is 0 Å². The molecule has 0 radical (unpaired) electrons. The maximum absolute atomic E-state index is 6.14. The highest BCUT2D eigenvalue weighted by atomic mass is 35.5. The van der Waals surface area contributed by atoms with Crippen molar-refractivity contribution in [2.24, 2.45) is 0 Å². The maximum Gasteiger partial charge on any atom is 0.0410 e.